The maximum atomic E-state index is 13.5. The summed E-state index contributed by atoms with van der Waals surface area (Å²) in [5.74, 6) is -0.399. The van der Waals surface area contributed by atoms with E-state index in [1.54, 1.807) is 41.1 Å². The molecule has 0 saturated heterocycles. The number of aromatic nitrogens is 1. The van der Waals surface area contributed by atoms with Gasteiger partial charge in [-0.15, -0.1) is 0 Å². The number of carbonyl (C=O) groups is 2. The van der Waals surface area contributed by atoms with Gasteiger partial charge in [-0.1, -0.05) is 18.2 Å². The molecule has 156 valence electrons. The zero-order valence-corrected chi connectivity index (χ0v) is 16.6. The van der Waals surface area contributed by atoms with Gasteiger partial charge in [0.25, 0.3) is 11.5 Å². The van der Waals surface area contributed by atoms with Crippen molar-refractivity contribution in [2.45, 2.75) is 18.9 Å². The molecule has 1 saturated carbocycles. The highest BCUT2D eigenvalue weighted by Crippen LogP contribution is 2.33. The molecule has 3 rings (SSSR count). The van der Waals surface area contributed by atoms with Gasteiger partial charge in [-0.3, -0.25) is 14.4 Å². The van der Waals surface area contributed by atoms with Gasteiger partial charge in [0.1, 0.15) is 0 Å². The first kappa shape index (κ1) is 21.2. The second-order valence-electron chi connectivity index (χ2n) is 7.22. The van der Waals surface area contributed by atoms with Crippen molar-refractivity contribution < 1.29 is 14.0 Å². The molecular weight excluding hydrogens is 387 g/mol. The first-order valence-electron chi connectivity index (χ1n) is 9.57. The van der Waals surface area contributed by atoms with E-state index >= 15 is 0 Å². The van der Waals surface area contributed by atoms with Crippen LogP contribution in [0, 0.1) is 5.41 Å². The van der Waals surface area contributed by atoms with Crippen molar-refractivity contribution in [1.29, 1.82) is 5.41 Å². The molecule has 8 heteroatoms. The van der Waals surface area contributed by atoms with Crippen LogP contribution in [0.3, 0.4) is 0 Å². The van der Waals surface area contributed by atoms with E-state index in [2.05, 4.69) is 5.32 Å². The number of halogens is 1. The highest BCUT2D eigenvalue weighted by Gasteiger charge is 2.25. The van der Waals surface area contributed by atoms with E-state index < -0.39 is 5.91 Å². The van der Waals surface area contributed by atoms with Crippen LogP contribution < -0.4 is 10.9 Å². The standard InChI is InChI=1S/C22H23FN4O3/c1-26(21(29)18-5-3-2-4-16(18)14-28)13-15(10-23)12-25-20-8-9-27(17-6-7-17)22(30)19(20)11-24/h2-5,8-11,14,17,24-25H,6-7,12-13H2,1H3/b15-10-,24-11?. The van der Waals surface area contributed by atoms with Crippen LogP contribution in [0.25, 0.3) is 0 Å². The number of nitrogens with one attached hydrogen (secondary N) is 2. The van der Waals surface area contributed by atoms with Gasteiger partial charge < -0.3 is 20.2 Å². The molecule has 2 N–H and O–H groups in total. The van der Waals surface area contributed by atoms with Crippen LogP contribution in [-0.2, 0) is 0 Å². The van der Waals surface area contributed by atoms with Gasteiger partial charge in [-0.2, -0.15) is 0 Å². The number of hydrogen-bond acceptors (Lipinski definition) is 5. The summed E-state index contributed by atoms with van der Waals surface area (Å²) in [6.07, 6.45) is 5.60. The Hall–Kier alpha value is -3.55. The molecule has 0 aliphatic heterocycles. The molecule has 1 aliphatic carbocycles. The van der Waals surface area contributed by atoms with Crippen LogP contribution in [0.4, 0.5) is 10.1 Å². The summed E-state index contributed by atoms with van der Waals surface area (Å²) in [4.78, 5) is 37.6. The Balaban J connectivity index is 1.68. The molecule has 0 bridgehead atoms. The fraction of sp³-hybridized carbons (Fsp3) is 0.273. The third-order valence-electron chi connectivity index (χ3n) is 5.01. The Morgan fingerprint density at radius 3 is 2.70 bits per heavy atom. The zero-order chi connectivity index (χ0) is 21.7. The average molecular weight is 410 g/mol. The number of aldehydes is 1. The molecule has 0 unspecified atom stereocenters. The van der Waals surface area contributed by atoms with Gasteiger partial charge in [0, 0.05) is 44.2 Å². The number of rotatable bonds is 9. The van der Waals surface area contributed by atoms with Gasteiger partial charge in [-0.25, -0.2) is 4.39 Å². The quantitative estimate of drug-likeness (QED) is 0.491. The van der Waals surface area contributed by atoms with E-state index in [0.29, 0.717) is 18.3 Å². The van der Waals surface area contributed by atoms with Crippen molar-refractivity contribution in [2.24, 2.45) is 0 Å². The van der Waals surface area contributed by atoms with E-state index in [-0.39, 0.29) is 47.0 Å². The molecule has 1 aromatic heterocycles. The molecule has 0 radical (unpaired) electrons. The number of anilines is 1. The fourth-order valence-electron chi connectivity index (χ4n) is 3.21. The minimum absolute atomic E-state index is 0.00537. The topological polar surface area (TPSA) is 95.3 Å². The van der Waals surface area contributed by atoms with Crippen molar-refractivity contribution in [3.8, 4) is 0 Å². The number of amides is 1. The molecule has 1 heterocycles. The summed E-state index contributed by atoms with van der Waals surface area (Å²) < 4.78 is 15.1. The Kier molecular flexibility index (Phi) is 6.56. The lowest BCUT2D eigenvalue weighted by Gasteiger charge is -2.20. The third-order valence-corrected chi connectivity index (χ3v) is 5.01. The van der Waals surface area contributed by atoms with Gasteiger partial charge in [0.2, 0.25) is 0 Å². The smallest absolute Gasteiger partial charge is 0.261 e. The third kappa shape index (κ3) is 4.53. The molecule has 30 heavy (non-hydrogen) atoms. The van der Waals surface area contributed by atoms with Gasteiger partial charge in [0.05, 0.1) is 23.1 Å². The van der Waals surface area contributed by atoms with Crippen molar-refractivity contribution in [3.63, 3.8) is 0 Å². The van der Waals surface area contributed by atoms with E-state index in [9.17, 15) is 18.8 Å². The summed E-state index contributed by atoms with van der Waals surface area (Å²) in [5, 5.41) is 10.6. The lowest BCUT2D eigenvalue weighted by molar-refractivity contribution is 0.0803. The Morgan fingerprint density at radius 1 is 1.33 bits per heavy atom. The second kappa shape index (κ2) is 9.30. The van der Waals surface area contributed by atoms with Crippen molar-refractivity contribution >= 4 is 24.1 Å². The minimum Gasteiger partial charge on any atom is -0.380 e. The molecule has 0 spiro atoms. The summed E-state index contributed by atoms with van der Waals surface area (Å²) in [6, 6.07) is 8.31. The number of carbonyl (C=O) groups excluding carboxylic acids is 2. The number of nitrogens with zero attached hydrogens (tertiary/aromatic N) is 2. The number of hydrogen-bond donors (Lipinski definition) is 2. The average Bonchev–Trinajstić information content (AvgIpc) is 3.61. The number of likely N-dealkylation sites (N-methyl/N-ethyl adjacent to an activating group) is 1. The highest BCUT2D eigenvalue weighted by atomic mass is 19.1. The van der Waals surface area contributed by atoms with Crippen LogP contribution in [0.5, 0.6) is 0 Å². The van der Waals surface area contributed by atoms with Crippen LogP contribution in [0.15, 0.2) is 53.2 Å². The largest absolute Gasteiger partial charge is 0.380 e. The summed E-state index contributed by atoms with van der Waals surface area (Å²) in [5.41, 5.74) is 1.19. The molecule has 7 nitrogen and oxygen atoms in total. The van der Waals surface area contributed by atoms with Crippen LogP contribution in [-0.4, -0.2) is 48.0 Å². The van der Waals surface area contributed by atoms with E-state index in [1.807, 2.05) is 0 Å². The first-order valence-corrected chi connectivity index (χ1v) is 9.57. The summed E-state index contributed by atoms with van der Waals surface area (Å²) in [6.45, 7) is 0.0474. The predicted octanol–water partition coefficient (Wildman–Crippen LogP) is 3.03. The Morgan fingerprint density at radius 2 is 2.07 bits per heavy atom. The molecule has 1 aromatic carbocycles. The highest BCUT2D eigenvalue weighted by molar-refractivity contribution is 6.01. The van der Waals surface area contributed by atoms with Gasteiger partial charge in [-0.05, 0) is 30.5 Å². The van der Waals surface area contributed by atoms with Crippen molar-refractivity contribution in [2.75, 3.05) is 25.5 Å². The maximum Gasteiger partial charge on any atom is 0.261 e. The van der Waals surface area contributed by atoms with Crippen molar-refractivity contribution in [3.05, 3.63) is 75.5 Å². The molecule has 1 fully saturated rings. The molecule has 1 aliphatic rings. The van der Waals surface area contributed by atoms with Gasteiger partial charge in [0.15, 0.2) is 6.29 Å². The van der Waals surface area contributed by atoms with E-state index in [1.165, 1.54) is 11.9 Å². The Bertz CT molecular complexity index is 1060. The lowest BCUT2D eigenvalue weighted by Crippen LogP contribution is -2.31. The maximum absolute atomic E-state index is 13.5. The van der Waals surface area contributed by atoms with Crippen LogP contribution in [0.2, 0.25) is 0 Å². The molecule has 2 aromatic rings. The second-order valence-corrected chi connectivity index (χ2v) is 7.22. The molecule has 1 amide bonds. The number of benzene rings is 1. The lowest BCUT2D eigenvalue weighted by atomic mass is 10.1. The van der Waals surface area contributed by atoms with E-state index in [0.717, 1.165) is 19.1 Å². The molecule has 0 atom stereocenters. The Labute approximate surface area is 173 Å². The van der Waals surface area contributed by atoms with Crippen LogP contribution >= 0.6 is 0 Å². The van der Waals surface area contributed by atoms with Crippen LogP contribution in [0.1, 0.15) is 45.2 Å². The molecular formula is C22H23FN4O3. The number of pyridine rings is 1. The predicted molar refractivity (Wildman–Crippen MR) is 113 cm³/mol. The normalized spacial score (nSPS) is 13.6. The zero-order valence-electron chi connectivity index (χ0n) is 16.6. The fourth-order valence-corrected chi connectivity index (χ4v) is 3.21. The monoisotopic (exact) mass is 410 g/mol. The van der Waals surface area contributed by atoms with Gasteiger partial charge >= 0.3 is 0 Å². The summed E-state index contributed by atoms with van der Waals surface area (Å²) >= 11 is 0. The first-order chi connectivity index (χ1) is 14.5. The SMILES string of the molecule is CN(C/C(=C\F)CNc1ccn(C2CC2)c(=O)c1C=N)C(=O)c1ccccc1C=O. The van der Waals surface area contributed by atoms with Crippen molar-refractivity contribution in [1.82, 2.24) is 9.47 Å². The minimum atomic E-state index is -0.399. The van der Waals surface area contributed by atoms with E-state index in [4.69, 9.17) is 5.41 Å². The summed E-state index contributed by atoms with van der Waals surface area (Å²) in [7, 11) is 1.52.